The van der Waals surface area contributed by atoms with Gasteiger partial charge in [0, 0.05) is 13.1 Å². The van der Waals surface area contributed by atoms with Gasteiger partial charge >= 0.3 is 0 Å². The summed E-state index contributed by atoms with van der Waals surface area (Å²) in [6.07, 6.45) is 1.56. The monoisotopic (exact) mass is 273 g/mol. The molecule has 0 spiro atoms. The Balaban J connectivity index is 2.61. The van der Waals surface area contributed by atoms with Crippen LogP contribution in [0.1, 0.15) is 6.92 Å². The SMILES string of the molecule is C=CNCCNC(=O)/C(=N/Nc1ccccc1)C(C)=N. The summed E-state index contributed by atoms with van der Waals surface area (Å²) >= 11 is 0. The van der Waals surface area contributed by atoms with Gasteiger partial charge in [-0.25, -0.2) is 0 Å². The van der Waals surface area contributed by atoms with Crippen molar-refractivity contribution in [2.45, 2.75) is 6.92 Å². The van der Waals surface area contributed by atoms with Crippen molar-refractivity contribution in [3.63, 3.8) is 0 Å². The molecule has 1 aromatic rings. The van der Waals surface area contributed by atoms with Gasteiger partial charge in [-0.05, 0) is 25.3 Å². The van der Waals surface area contributed by atoms with Crippen LogP contribution in [-0.4, -0.2) is 30.4 Å². The first kappa shape index (κ1) is 15.4. The fourth-order valence-electron chi connectivity index (χ4n) is 1.37. The Labute approximate surface area is 118 Å². The topological polar surface area (TPSA) is 89.4 Å². The minimum absolute atomic E-state index is 0.0625. The number of hydrogen-bond acceptors (Lipinski definition) is 5. The van der Waals surface area contributed by atoms with E-state index in [0.29, 0.717) is 13.1 Å². The van der Waals surface area contributed by atoms with E-state index in [9.17, 15) is 4.79 Å². The molecule has 0 bridgehead atoms. The highest BCUT2D eigenvalue weighted by molar-refractivity contribution is 6.66. The normalized spacial score (nSPS) is 10.6. The van der Waals surface area contributed by atoms with Crippen LogP contribution in [0.15, 0.2) is 48.2 Å². The second-order valence-electron chi connectivity index (χ2n) is 3.98. The smallest absolute Gasteiger partial charge is 0.273 e. The van der Waals surface area contributed by atoms with Crippen LogP contribution >= 0.6 is 0 Å². The molecule has 0 aliphatic heterocycles. The van der Waals surface area contributed by atoms with Crippen molar-refractivity contribution in [2.75, 3.05) is 18.5 Å². The number of amides is 1. The number of nitrogens with one attached hydrogen (secondary N) is 4. The van der Waals surface area contributed by atoms with Crippen molar-refractivity contribution in [1.29, 1.82) is 5.41 Å². The number of hydrazone groups is 1. The number of carbonyl (C=O) groups excluding carboxylic acids is 1. The number of nitrogens with zero attached hydrogens (tertiary/aromatic N) is 1. The molecule has 4 N–H and O–H groups in total. The van der Waals surface area contributed by atoms with Crippen LogP contribution in [0.2, 0.25) is 0 Å². The zero-order valence-electron chi connectivity index (χ0n) is 11.4. The summed E-state index contributed by atoms with van der Waals surface area (Å²) in [6.45, 7) is 6.04. The second-order valence-corrected chi connectivity index (χ2v) is 3.98. The van der Waals surface area contributed by atoms with E-state index in [-0.39, 0.29) is 17.3 Å². The summed E-state index contributed by atoms with van der Waals surface area (Å²) in [5, 5.41) is 17.1. The highest BCUT2D eigenvalue weighted by Gasteiger charge is 2.13. The Morgan fingerprint density at radius 3 is 2.65 bits per heavy atom. The molecule has 6 nitrogen and oxygen atoms in total. The Bertz CT molecular complexity index is 496. The number of rotatable bonds is 8. The summed E-state index contributed by atoms with van der Waals surface area (Å²) in [7, 11) is 0. The molecule has 0 unspecified atom stereocenters. The molecular weight excluding hydrogens is 254 g/mol. The standard InChI is InChI=1S/C14H19N5O/c1-3-16-9-10-17-14(20)13(11(2)15)19-18-12-7-5-4-6-8-12/h3-8,15-16,18H,1,9-10H2,2H3,(H,17,20)/b15-11?,19-13+. The van der Waals surface area contributed by atoms with Crippen molar-refractivity contribution < 1.29 is 4.79 Å². The Morgan fingerprint density at radius 1 is 1.35 bits per heavy atom. The molecule has 6 heteroatoms. The molecule has 0 heterocycles. The van der Waals surface area contributed by atoms with Crippen LogP contribution in [-0.2, 0) is 4.79 Å². The number of benzene rings is 1. The first-order chi connectivity index (χ1) is 9.65. The summed E-state index contributed by atoms with van der Waals surface area (Å²) in [6, 6.07) is 9.25. The van der Waals surface area contributed by atoms with Gasteiger partial charge in [0.1, 0.15) is 0 Å². The lowest BCUT2D eigenvalue weighted by Gasteiger charge is -2.08. The van der Waals surface area contributed by atoms with Gasteiger partial charge in [-0.15, -0.1) is 0 Å². The van der Waals surface area contributed by atoms with Gasteiger partial charge in [0.2, 0.25) is 0 Å². The minimum atomic E-state index is -0.383. The molecule has 0 aliphatic rings. The van der Waals surface area contributed by atoms with Crippen LogP contribution in [0.4, 0.5) is 5.69 Å². The van der Waals surface area contributed by atoms with Crippen LogP contribution in [0.3, 0.4) is 0 Å². The minimum Gasteiger partial charge on any atom is -0.390 e. The van der Waals surface area contributed by atoms with Gasteiger partial charge < -0.3 is 16.0 Å². The quantitative estimate of drug-likeness (QED) is 0.327. The zero-order chi connectivity index (χ0) is 14.8. The fourth-order valence-corrected chi connectivity index (χ4v) is 1.37. The third-order valence-corrected chi connectivity index (χ3v) is 2.34. The lowest BCUT2D eigenvalue weighted by atomic mass is 10.2. The maximum atomic E-state index is 11.9. The van der Waals surface area contributed by atoms with Crippen molar-refractivity contribution in [3.8, 4) is 0 Å². The lowest BCUT2D eigenvalue weighted by molar-refractivity contribution is -0.114. The zero-order valence-corrected chi connectivity index (χ0v) is 11.4. The van der Waals surface area contributed by atoms with Crippen molar-refractivity contribution >= 4 is 23.0 Å². The molecule has 0 saturated heterocycles. The summed E-state index contributed by atoms with van der Waals surface area (Å²) < 4.78 is 0. The molecule has 0 radical (unpaired) electrons. The predicted octanol–water partition coefficient (Wildman–Crippen LogP) is 1.34. The predicted molar refractivity (Wildman–Crippen MR) is 82.1 cm³/mol. The van der Waals surface area contributed by atoms with Crippen LogP contribution in [0.25, 0.3) is 0 Å². The highest BCUT2D eigenvalue weighted by atomic mass is 16.1. The van der Waals surface area contributed by atoms with E-state index in [2.05, 4.69) is 27.7 Å². The second kappa shape index (κ2) is 8.47. The van der Waals surface area contributed by atoms with Crippen LogP contribution in [0, 0.1) is 5.41 Å². The van der Waals surface area contributed by atoms with E-state index in [1.807, 2.05) is 30.3 Å². The van der Waals surface area contributed by atoms with E-state index in [4.69, 9.17) is 5.41 Å². The van der Waals surface area contributed by atoms with Gasteiger partial charge in [0.25, 0.3) is 5.91 Å². The molecule has 0 aliphatic carbocycles. The molecule has 0 aromatic heterocycles. The van der Waals surface area contributed by atoms with Gasteiger partial charge in [-0.2, -0.15) is 5.10 Å². The van der Waals surface area contributed by atoms with Gasteiger partial charge in [-0.3, -0.25) is 10.2 Å². The average Bonchev–Trinajstić information content (AvgIpc) is 2.44. The van der Waals surface area contributed by atoms with Gasteiger partial charge in [0.15, 0.2) is 5.71 Å². The van der Waals surface area contributed by atoms with E-state index in [0.717, 1.165) is 5.69 Å². The van der Waals surface area contributed by atoms with E-state index in [1.54, 1.807) is 6.20 Å². The Morgan fingerprint density at radius 2 is 2.05 bits per heavy atom. The molecule has 1 rings (SSSR count). The Kier molecular flexibility index (Phi) is 6.53. The maximum Gasteiger partial charge on any atom is 0.273 e. The first-order valence-electron chi connectivity index (χ1n) is 6.22. The van der Waals surface area contributed by atoms with Crippen molar-refractivity contribution in [1.82, 2.24) is 10.6 Å². The highest BCUT2D eigenvalue weighted by Crippen LogP contribution is 2.04. The summed E-state index contributed by atoms with van der Waals surface area (Å²) in [5.74, 6) is -0.383. The molecule has 0 saturated carbocycles. The van der Waals surface area contributed by atoms with Crippen LogP contribution in [0.5, 0.6) is 0 Å². The van der Waals surface area contributed by atoms with Gasteiger partial charge in [0.05, 0.1) is 11.4 Å². The maximum absolute atomic E-state index is 11.9. The molecule has 20 heavy (non-hydrogen) atoms. The molecule has 0 atom stereocenters. The lowest BCUT2D eigenvalue weighted by Crippen LogP contribution is -2.38. The summed E-state index contributed by atoms with van der Waals surface area (Å²) in [5.41, 5.74) is 3.68. The average molecular weight is 273 g/mol. The molecule has 1 amide bonds. The molecular formula is C14H19N5O. The van der Waals surface area contributed by atoms with Crippen molar-refractivity contribution in [3.05, 3.63) is 43.1 Å². The Hall–Kier alpha value is -2.63. The van der Waals surface area contributed by atoms with Crippen LogP contribution < -0.4 is 16.1 Å². The molecule has 0 fully saturated rings. The third kappa shape index (κ3) is 5.34. The number of para-hydroxylation sites is 1. The van der Waals surface area contributed by atoms with Crippen molar-refractivity contribution in [2.24, 2.45) is 5.10 Å². The van der Waals surface area contributed by atoms with E-state index < -0.39 is 0 Å². The largest absolute Gasteiger partial charge is 0.390 e. The van der Waals surface area contributed by atoms with E-state index >= 15 is 0 Å². The van der Waals surface area contributed by atoms with Gasteiger partial charge in [-0.1, -0.05) is 24.8 Å². The molecule has 1 aromatic carbocycles. The summed E-state index contributed by atoms with van der Waals surface area (Å²) in [4.78, 5) is 11.9. The fraction of sp³-hybridized carbons (Fsp3) is 0.214. The van der Waals surface area contributed by atoms with E-state index in [1.165, 1.54) is 6.92 Å². The number of hydrogen-bond donors (Lipinski definition) is 4. The number of carbonyl (C=O) groups is 1. The first-order valence-corrected chi connectivity index (χ1v) is 6.22. The third-order valence-electron chi connectivity index (χ3n) is 2.34. The molecule has 106 valence electrons. The number of anilines is 1.